The summed E-state index contributed by atoms with van der Waals surface area (Å²) in [4.78, 5) is 2.14. The first kappa shape index (κ1) is 12.9. The van der Waals surface area contributed by atoms with E-state index in [4.69, 9.17) is 9.47 Å². The quantitative estimate of drug-likeness (QED) is 0.818. The molecule has 0 bridgehead atoms. The Morgan fingerprint density at radius 2 is 2.28 bits per heavy atom. The third kappa shape index (κ3) is 2.63. The first-order chi connectivity index (χ1) is 8.76. The lowest BCUT2D eigenvalue weighted by molar-refractivity contribution is -0.0271. The van der Waals surface area contributed by atoms with Crippen molar-refractivity contribution in [3.05, 3.63) is 29.8 Å². The fourth-order valence-electron chi connectivity index (χ4n) is 2.32. The summed E-state index contributed by atoms with van der Waals surface area (Å²) in [6, 6.07) is 9.80. The van der Waals surface area contributed by atoms with Gasteiger partial charge >= 0.3 is 0 Å². The number of nitriles is 1. The van der Waals surface area contributed by atoms with Crippen molar-refractivity contribution in [3.8, 4) is 11.8 Å². The van der Waals surface area contributed by atoms with Crippen molar-refractivity contribution in [1.82, 2.24) is 4.90 Å². The van der Waals surface area contributed by atoms with Gasteiger partial charge in [0.05, 0.1) is 25.9 Å². The predicted octanol–water partition coefficient (Wildman–Crippen LogP) is 1.98. The van der Waals surface area contributed by atoms with E-state index >= 15 is 0 Å². The van der Waals surface area contributed by atoms with Gasteiger partial charge in [-0.3, -0.25) is 4.90 Å². The second-order valence-electron chi connectivity index (χ2n) is 4.45. The van der Waals surface area contributed by atoms with Gasteiger partial charge in [-0.25, -0.2) is 0 Å². The number of nitrogens with zero attached hydrogens (tertiary/aromatic N) is 2. The second kappa shape index (κ2) is 5.85. The van der Waals surface area contributed by atoms with E-state index in [0.717, 1.165) is 24.4 Å². The van der Waals surface area contributed by atoms with Crippen molar-refractivity contribution in [2.75, 3.05) is 26.8 Å². The maximum absolute atomic E-state index is 9.45. The maximum Gasteiger partial charge on any atom is 0.127 e. The van der Waals surface area contributed by atoms with Crippen LogP contribution in [0.5, 0.6) is 5.75 Å². The van der Waals surface area contributed by atoms with Crippen LogP contribution < -0.4 is 4.74 Å². The Labute approximate surface area is 108 Å². The Morgan fingerprint density at radius 3 is 2.94 bits per heavy atom. The van der Waals surface area contributed by atoms with Crippen LogP contribution in [-0.4, -0.2) is 37.8 Å². The van der Waals surface area contributed by atoms with Gasteiger partial charge in [0.15, 0.2) is 0 Å². The smallest absolute Gasteiger partial charge is 0.127 e. The van der Waals surface area contributed by atoms with Crippen LogP contribution in [0.2, 0.25) is 0 Å². The zero-order chi connectivity index (χ0) is 13.0. The normalized spacial score (nSPS) is 22.2. The van der Waals surface area contributed by atoms with E-state index in [2.05, 4.69) is 11.0 Å². The Morgan fingerprint density at radius 1 is 1.50 bits per heavy atom. The van der Waals surface area contributed by atoms with E-state index in [1.165, 1.54) is 0 Å². The molecule has 1 heterocycles. The molecule has 1 aromatic carbocycles. The third-order valence-corrected chi connectivity index (χ3v) is 3.19. The molecule has 96 valence electrons. The van der Waals surface area contributed by atoms with Gasteiger partial charge in [-0.2, -0.15) is 5.26 Å². The van der Waals surface area contributed by atoms with Crippen molar-refractivity contribution in [3.63, 3.8) is 0 Å². The summed E-state index contributed by atoms with van der Waals surface area (Å²) >= 11 is 0. The third-order valence-electron chi connectivity index (χ3n) is 3.19. The first-order valence-corrected chi connectivity index (χ1v) is 6.14. The Bertz CT molecular complexity index is 442. The lowest BCUT2D eigenvalue weighted by Gasteiger charge is -2.34. The standard InChI is InChI=1S/C14H18N2O2/c1-11-10-16(7-8-18-11)13(9-15)12-5-3-4-6-14(12)17-2/h3-6,11,13H,7-8,10H2,1-2H3. The number of rotatable bonds is 3. The highest BCUT2D eigenvalue weighted by molar-refractivity contribution is 5.38. The van der Waals surface area contributed by atoms with E-state index < -0.39 is 0 Å². The molecule has 1 fully saturated rings. The highest BCUT2D eigenvalue weighted by Gasteiger charge is 2.27. The summed E-state index contributed by atoms with van der Waals surface area (Å²) in [7, 11) is 1.63. The van der Waals surface area contributed by atoms with Gasteiger partial charge in [0, 0.05) is 18.7 Å². The van der Waals surface area contributed by atoms with E-state index in [1.807, 2.05) is 31.2 Å². The Kier molecular flexibility index (Phi) is 4.19. The molecule has 0 aromatic heterocycles. The zero-order valence-electron chi connectivity index (χ0n) is 10.8. The molecule has 0 radical (unpaired) electrons. The lowest BCUT2D eigenvalue weighted by Crippen LogP contribution is -2.42. The largest absolute Gasteiger partial charge is 0.496 e. The molecule has 4 heteroatoms. The molecular formula is C14H18N2O2. The maximum atomic E-state index is 9.45. The van der Waals surface area contributed by atoms with E-state index in [0.29, 0.717) is 6.61 Å². The van der Waals surface area contributed by atoms with Gasteiger partial charge in [0.2, 0.25) is 0 Å². The van der Waals surface area contributed by atoms with Gasteiger partial charge in [0.1, 0.15) is 11.8 Å². The number of morpholine rings is 1. The monoisotopic (exact) mass is 246 g/mol. The van der Waals surface area contributed by atoms with Gasteiger partial charge < -0.3 is 9.47 Å². The van der Waals surface area contributed by atoms with Gasteiger partial charge in [-0.1, -0.05) is 18.2 Å². The highest BCUT2D eigenvalue weighted by atomic mass is 16.5. The molecule has 1 aromatic rings. The minimum atomic E-state index is -0.271. The molecule has 18 heavy (non-hydrogen) atoms. The van der Waals surface area contributed by atoms with Gasteiger partial charge in [-0.15, -0.1) is 0 Å². The van der Waals surface area contributed by atoms with Gasteiger partial charge in [-0.05, 0) is 13.0 Å². The summed E-state index contributed by atoms with van der Waals surface area (Å²) in [5.74, 6) is 0.767. The van der Waals surface area contributed by atoms with Crippen molar-refractivity contribution in [2.45, 2.75) is 19.1 Å². The lowest BCUT2D eigenvalue weighted by atomic mass is 10.0. The fourth-order valence-corrected chi connectivity index (χ4v) is 2.32. The summed E-state index contributed by atoms with van der Waals surface area (Å²) in [5.41, 5.74) is 0.927. The number of hydrogen-bond donors (Lipinski definition) is 0. The van der Waals surface area contributed by atoms with Crippen LogP contribution in [0, 0.1) is 11.3 Å². The molecular weight excluding hydrogens is 228 g/mol. The number of methoxy groups -OCH3 is 1. The molecule has 2 atom stereocenters. The molecule has 0 N–H and O–H groups in total. The van der Waals surface area contributed by atoms with Crippen LogP contribution in [0.25, 0.3) is 0 Å². The van der Waals surface area contributed by atoms with Crippen LogP contribution in [0.1, 0.15) is 18.5 Å². The van der Waals surface area contributed by atoms with Crippen LogP contribution in [0.3, 0.4) is 0 Å². The van der Waals surface area contributed by atoms with Crippen LogP contribution in [-0.2, 0) is 4.74 Å². The number of ether oxygens (including phenoxy) is 2. The summed E-state index contributed by atoms with van der Waals surface area (Å²) in [6.45, 7) is 4.26. The summed E-state index contributed by atoms with van der Waals surface area (Å²) in [5, 5.41) is 9.45. The van der Waals surface area contributed by atoms with E-state index in [9.17, 15) is 5.26 Å². The van der Waals surface area contributed by atoms with Crippen LogP contribution >= 0.6 is 0 Å². The second-order valence-corrected chi connectivity index (χ2v) is 4.45. The number of benzene rings is 1. The number of para-hydroxylation sites is 1. The summed E-state index contributed by atoms with van der Waals surface area (Å²) < 4.78 is 10.8. The number of hydrogen-bond acceptors (Lipinski definition) is 4. The molecule has 2 rings (SSSR count). The molecule has 4 nitrogen and oxygen atoms in total. The molecule has 1 aliphatic heterocycles. The zero-order valence-corrected chi connectivity index (χ0v) is 10.8. The fraction of sp³-hybridized carbons (Fsp3) is 0.500. The molecule has 0 saturated carbocycles. The van der Waals surface area contributed by atoms with Crippen molar-refractivity contribution in [1.29, 1.82) is 5.26 Å². The Balaban J connectivity index is 2.25. The van der Waals surface area contributed by atoms with Crippen LogP contribution in [0.15, 0.2) is 24.3 Å². The molecule has 0 spiro atoms. The van der Waals surface area contributed by atoms with Crippen molar-refractivity contribution < 1.29 is 9.47 Å². The first-order valence-electron chi connectivity index (χ1n) is 6.14. The topological polar surface area (TPSA) is 45.5 Å². The molecule has 0 aliphatic carbocycles. The van der Waals surface area contributed by atoms with Crippen molar-refractivity contribution in [2.24, 2.45) is 0 Å². The molecule has 1 saturated heterocycles. The average Bonchev–Trinajstić information content (AvgIpc) is 2.40. The van der Waals surface area contributed by atoms with Crippen LogP contribution in [0.4, 0.5) is 0 Å². The minimum absolute atomic E-state index is 0.171. The average molecular weight is 246 g/mol. The van der Waals surface area contributed by atoms with Gasteiger partial charge in [0.25, 0.3) is 0 Å². The minimum Gasteiger partial charge on any atom is -0.496 e. The predicted molar refractivity (Wildman–Crippen MR) is 68.3 cm³/mol. The molecule has 2 unspecified atom stereocenters. The SMILES string of the molecule is COc1ccccc1C(C#N)N1CCOC(C)C1. The highest BCUT2D eigenvalue weighted by Crippen LogP contribution is 2.29. The Hall–Kier alpha value is -1.57. The van der Waals surface area contributed by atoms with E-state index in [-0.39, 0.29) is 12.1 Å². The van der Waals surface area contributed by atoms with Crippen molar-refractivity contribution >= 4 is 0 Å². The molecule has 1 aliphatic rings. The molecule has 0 amide bonds. The summed E-state index contributed by atoms with van der Waals surface area (Å²) in [6.07, 6.45) is 0.171. The van der Waals surface area contributed by atoms with E-state index in [1.54, 1.807) is 7.11 Å².